The number of aliphatic hydroxyl groups excluding tert-OH is 1. The van der Waals surface area contributed by atoms with Gasteiger partial charge in [-0.05, 0) is 23.6 Å². The van der Waals surface area contributed by atoms with Crippen molar-refractivity contribution in [3.63, 3.8) is 0 Å². The molecule has 3 N–H and O–H groups in total. The molecule has 1 atom stereocenters. The van der Waals surface area contributed by atoms with E-state index in [9.17, 15) is 5.11 Å². The fourth-order valence-corrected chi connectivity index (χ4v) is 4.03. The van der Waals surface area contributed by atoms with Crippen molar-refractivity contribution in [1.82, 2.24) is 10.3 Å². The van der Waals surface area contributed by atoms with E-state index in [-0.39, 0.29) is 6.61 Å². The first-order chi connectivity index (χ1) is 15.8. The number of hydrogen-bond donors (Lipinski definition) is 3. The van der Waals surface area contributed by atoms with Gasteiger partial charge in [0.1, 0.15) is 30.8 Å². The highest BCUT2D eigenvalue weighted by Gasteiger charge is 2.11. The van der Waals surface area contributed by atoms with E-state index in [1.807, 2.05) is 48.5 Å². The smallest absolute Gasteiger partial charge is 0.143 e. The molecule has 1 heterocycles. The number of aromatic amines is 1. The third-order valence-corrected chi connectivity index (χ3v) is 5.60. The van der Waals surface area contributed by atoms with Gasteiger partial charge in [0.05, 0.1) is 5.52 Å². The minimum atomic E-state index is -0.618. The lowest BCUT2D eigenvalue weighted by Crippen LogP contribution is -2.33. The normalized spacial score (nSPS) is 12.4. The molecule has 1 aromatic heterocycles. The van der Waals surface area contributed by atoms with Crippen molar-refractivity contribution >= 4 is 32.6 Å². The SMILES string of the molecule is OC(CNCCOc1cccc2ccccc12)COc1cccc2c1[nH]c1ccccc12. The Bertz CT molecular complexity index is 1340. The van der Waals surface area contributed by atoms with Crippen LogP contribution >= 0.6 is 0 Å². The number of rotatable bonds is 9. The molecular weight excluding hydrogens is 400 g/mol. The summed E-state index contributed by atoms with van der Waals surface area (Å²) >= 11 is 0. The van der Waals surface area contributed by atoms with Crippen LogP contribution in [0.1, 0.15) is 0 Å². The fraction of sp³-hybridized carbons (Fsp3) is 0.185. The lowest BCUT2D eigenvalue weighted by atomic mass is 10.1. The van der Waals surface area contributed by atoms with Gasteiger partial charge < -0.3 is 24.9 Å². The van der Waals surface area contributed by atoms with Crippen molar-refractivity contribution in [3.8, 4) is 11.5 Å². The third-order valence-electron chi connectivity index (χ3n) is 5.60. The summed E-state index contributed by atoms with van der Waals surface area (Å²) in [6, 6.07) is 28.4. The van der Waals surface area contributed by atoms with Crippen molar-refractivity contribution in [1.29, 1.82) is 0 Å². The van der Waals surface area contributed by atoms with E-state index in [1.165, 1.54) is 5.39 Å². The van der Waals surface area contributed by atoms with E-state index in [4.69, 9.17) is 9.47 Å². The molecule has 0 bridgehead atoms. The van der Waals surface area contributed by atoms with Crippen LogP contribution in [0.2, 0.25) is 0 Å². The molecule has 0 spiro atoms. The number of fused-ring (bicyclic) bond motifs is 4. The molecule has 0 amide bonds. The highest BCUT2D eigenvalue weighted by molar-refractivity contribution is 6.09. The second-order valence-electron chi connectivity index (χ2n) is 7.84. The summed E-state index contributed by atoms with van der Waals surface area (Å²) in [4.78, 5) is 3.42. The molecule has 5 rings (SSSR count). The maximum absolute atomic E-state index is 10.3. The number of H-pyrrole nitrogens is 1. The number of aliphatic hydroxyl groups is 1. The predicted octanol–water partition coefficient (Wildman–Crippen LogP) is 4.88. The minimum Gasteiger partial charge on any atom is -0.492 e. The number of aromatic nitrogens is 1. The zero-order valence-corrected chi connectivity index (χ0v) is 17.8. The van der Waals surface area contributed by atoms with Gasteiger partial charge in [-0.3, -0.25) is 0 Å². The van der Waals surface area contributed by atoms with E-state index in [2.05, 4.69) is 46.7 Å². The van der Waals surface area contributed by atoms with Crippen LogP contribution in [0.15, 0.2) is 84.9 Å². The number of ether oxygens (including phenoxy) is 2. The first-order valence-corrected chi connectivity index (χ1v) is 10.9. The molecule has 0 aliphatic heterocycles. The summed E-state index contributed by atoms with van der Waals surface area (Å²) in [5, 5.41) is 18.1. The molecule has 4 aromatic carbocycles. The molecule has 0 aliphatic rings. The van der Waals surface area contributed by atoms with Crippen LogP contribution in [0.3, 0.4) is 0 Å². The molecule has 0 fully saturated rings. The van der Waals surface area contributed by atoms with Crippen LogP contribution in [-0.2, 0) is 0 Å². The Labute approximate surface area is 186 Å². The molecule has 0 radical (unpaired) electrons. The largest absolute Gasteiger partial charge is 0.492 e. The Morgan fingerprint density at radius 3 is 2.41 bits per heavy atom. The van der Waals surface area contributed by atoms with E-state index in [0.717, 1.165) is 38.7 Å². The van der Waals surface area contributed by atoms with Gasteiger partial charge in [-0.1, -0.05) is 66.7 Å². The molecular formula is C27H26N2O3. The van der Waals surface area contributed by atoms with Gasteiger partial charge in [0, 0.05) is 34.8 Å². The van der Waals surface area contributed by atoms with Gasteiger partial charge in [-0.25, -0.2) is 0 Å². The molecule has 0 aliphatic carbocycles. The quantitative estimate of drug-likeness (QED) is 0.294. The third kappa shape index (κ3) is 4.26. The van der Waals surface area contributed by atoms with Crippen molar-refractivity contribution in [2.75, 3.05) is 26.3 Å². The number of para-hydroxylation sites is 2. The Hall–Kier alpha value is -3.54. The molecule has 1 unspecified atom stereocenters. The second-order valence-corrected chi connectivity index (χ2v) is 7.84. The zero-order valence-electron chi connectivity index (χ0n) is 17.8. The van der Waals surface area contributed by atoms with Crippen molar-refractivity contribution in [2.45, 2.75) is 6.10 Å². The van der Waals surface area contributed by atoms with Crippen LogP contribution in [0.5, 0.6) is 11.5 Å². The molecule has 5 aromatic rings. The first kappa shape index (κ1) is 20.4. The summed E-state index contributed by atoms with van der Waals surface area (Å²) in [6.45, 7) is 1.81. The Balaban J connectivity index is 1.11. The summed E-state index contributed by atoms with van der Waals surface area (Å²) in [5.41, 5.74) is 2.03. The Morgan fingerprint density at radius 1 is 0.750 bits per heavy atom. The number of nitrogens with one attached hydrogen (secondary N) is 2. The van der Waals surface area contributed by atoms with Crippen LogP contribution in [0, 0.1) is 0 Å². The summed E-state index contributed by atoms with van der Waals surface area (Å²) < 4.78 is 11.9. The Morgan fingerprint density at radius 2 is 1.47 bits per heavy atom. The van der Waals surface area contributed by atoms with Crippen LogP contribution in [-0.4, -0.2) is 42.5 Å². The summed E-state index contributed by atoms with van der Waals surface area (Å²) in [5.74, 6) is 1.62. The molecule has 0 saturated heterocycles. The number of benzene rings is 4. The minimum absolute atomic E-state index is 0.214. The van der Waals surface area contributed by atoms with Gasteiger partial charge in [0.15, 0.2) is 0 Å². The lowest BCUT2D eigenvalue weighted by molar-refractivity contribution is 0.106. The molecule has 32 heavy (non-hydrogen) atoms. The van der Waals surface area contributed by atoms with Gasteiger partial charge in [-0.2, -0.15) is 0 Å². The lowest BCUT2D eigenvalue weighted by Gasteiger charge is -2.14. The monoisotopic (exact) mass is 426 g/mol. The molecule has 0 saturated carbocycles. The van der Waals surface area contributed by atoms with Gasteiger partial charge in [0.25, 0.3) is 0 Å². The maximum atomic E-state index is 10.3. The van der Waals surface area contributed by atoms with E-state index < -0.39 is 6.10 Å². The first-order valence-electron chi connectivity index (χ1n) is 10.9. The van der Waals surface area contributed by atoms with Crippen molar-refractivity contribution in [2.24, 2.45) is 0 Å². The van der Waals surface area contributed by atoms with E-state index >= 15 is 0 Å². The average Bonchev–Trinajstić information content (AvgIpc) is 3.22. The van der Waals surface area contributed by atoms with Crippen LogP contribution in [0.25, 0.3) is 32.6 Å². The average molecular weight is 427 g/mol. The highest BCUT2D eigenvalue weighted by Crippen LogP contribution is 2.31. The molecule has 162 valence electrons. The van der Waals surface area contributed by atoms with Gasteiger partial charge in [0.2, 0.25) is 0 Å². The standard InChI is InChI=1S/C27H26N2O3/c30-20(17-28-15-16-31-25-13-5-8-19-7-1-2-9-21(19)25)18-32-26-14-6-11-23-22-10-3-4-12-24(22)29-27(23)26/h1-14,20,28-30H,15-18H2. The Kier molecular flexibility index (Phi) is 5.92. The maximum Gasteiger partial charge on any atom is 0.143 e. The topological polar surface area (TPSA) is 66.5 Å². The van der Waals surface area contributed by atoms with Crippen LogP contribution in [0.4, 0.5) is 0 Å². The summed E-state index contributed by atoms with van der Waals surface area (Å²) in [7, 11) is 0. The van der Waals surface area contributed by atoms with Crippen molar-refractivity contribution < 1.29 is 14.6 Å². The second kappa shape index (κ2) is 9.30. The van der Waals surface area contributed by atoms with Crippen LogP contribution < -0.4 is 14.8 Å². The predicted molar refractivity (Wildman–Crippen MR) is 130 cm³/mol. The number of hydrogen-bond acceptors (Lipinski definition) is 4. The molecule has 5 nitrogen and oxygen atoms in total. The van der Waals surface area contributed by atoms with Crippen molar-refractivity contribution in [3.05, 3.63) is 84.9 Å². The zero-order chi connectivity index (χ0) is 21.8. The molecule has 5 heteroatoms. The van der Waals surface area contributed by atoms with Gasteiger partial charge >= 0.3 is 0 Å². The van der Waals surface area contributed by atoms with E-state index in [0.29, 0.717) is 19.7 Å². The summed E-state index contributed by atoms with van der Waals surface area (Å²) in [6.07, 6.45) is -0.618. The van der Waals surface area contributed by atoms with Gasteiger partial charge in [-0.15, -0.1) is 0 Å². The fourth-order valence-electron chi connectivity index (χ4n) is 4.03. The van der Waals surface area contributed by atoms with E-state index in [1.54, 1.807) is 0 Å². The highest BCUT2D eigenvalue weighted by atomic mass is 16.5.